The molecule has 2 rings (SSSR count). The second-order valence-electron chi connectivity index (χ2n) is 4.91. The van der Waals surface area contributed by atoms with E-state index in [0.717, 1.165) is 5.56 Å². The minimum atomic E-state index is -0.392. The first-order valence-corrected chi connectivity index (χ1v) is 7.20. The van der Waals surface area contributed by atoms with Crippen LogP contribution in [0.4, 0.5) is 0 Å². The molecule has 24 heavy (non-hydrogen) atoms. The van der Waals surface area contributed by atoms with Gasteiger partial charge in [-0.2, -0.15) is 5.26 Å². The summed E-state index contributed by atoms with van der Waals surface area (Å²) in [6, 6.07) is 14.4. The Bertz CT molecular complexity index is 818. The zero-order valence-electron chi connectivity index (χ0n) is 13.7. The Morgan fingerprint density at radius 2 is 1.83 bits per heavy atom. The zero-order valence-corrected chi connectivity index (χ0v) is 13.7. The third-order valence-corrected chi connectivity index (χ3v) is 3.25. The number of rotatable bonds is 5. The van der Waals surface area contributed by atoms with Gasteiger partial charge in [-0.15, -0.1) is 0 Å². The maximum Gasteiger partial charge on any atom is 0.308 e. The van der Waals surface area contributed by atoms with Gasteiger partial charge >= 0.3 is 5.97 Å². The predicted octanol–water partition coefficient (Wildman–Crippen LogP) is 3.69. The average molecular weight is 323 g/mol. The van der Waals surface area contributed by atoms with Gasteiger partial charge in [0.1, 0.15) is 5.75 Å². The Hall–Kier alpha value is -3.26. The van der Waals surface area contributed by atoms with Crippen LogP contribution in [-0.4, -0.2) is 20.2 Å². The molecule has 0 atom stereocenters. The number of methoxy groups -OCH3 is 2. The van der Waals surface area contributed by atoms with E-state index in [1.165, 1.54) is 6.92 Å². The van der Waals surface area contributed by atoms with Crippen LogP contribution in [0.25, 0.3) is 11.6 Å². The van der Waals surface area contributed by atoms with Crippen LogP contribution in [0.1, 0.15) is 18.1 Å². The molecule has 0 spiro atoms. The maximum atomic E-state index is 11.0. The standard InChI is InChI=1S/C19H17NO4/c1-13(21)24-17-6-4-5-14(10-17)9-16(12-20)15-7-8-18(22-2)19(11-15)23-3/h4-11H,1-3H3/b16-9-. The van der Waals surface area contributed by atoms with Gasteiger partial charge in [0, 0.05) is 6.92 Å². The van der Waals surface area contributed by atoms with Gasteiger partial charge in [0.15, 0.2) is 11.5 Å². The molecule has 0 saturated heterocycles. The fraction of sp³-hybridized carbons (Fsp3) is 0.158. The van der Waals surface area contributed by atoms with E-state index in [0.29, 0.717) is 28.4 Å². The number of hydrogen-bond donors (Lipinski definition) is 0. The smallest absolute Gasteiger partial charge is 0.308 e. The van der Waals surface area contributed by atoms with Crippen LogP contribution in [0.3, 0.4) is 0 Å². The van der Waals surface area contributed by atoms with Gasteiger partial charge in [-0.3, -0.25) is 4.79 Å². The molecule has 5 heteroatoms. The average Bonchev–Trinajstić information content (AvgIpc) is 2.58. The lowest BCUT2D eigenvalue weighted by atomic mass is 10.0. The Labute approximate surface area is 140 Å². The van der Waals surface area contributed by atoms with Gasteiger partial charge in [-0.1, -0.05) is 12.1 Å². The molecule has 0 bridgehead atoms. The summed E-state index contributed by atoms with van der Waals surface area (Å²) in [6.07, 6.45) is 1.72. The van der Waals surface area contributed by atoms with Crippen molar-refractivity contribution in [2.24, 2.45) is 0 Å². The van der Waals surface area contributed by atoms with E-state index in [4.69, 9.17) is 14.2 Å². The number of hydrogen-bond acceptors (Lipinski definition) is 5. The minimum absolute atomic E-state index is 0.392. The number of nitrogens with zero attached hydrogens (tertiary/aromatic N) is 1. The van der Waals surface area contributed by atoms with Crippen molar-refractivity contribution in [2.75, 3.05) is 14.2 Å². The molecular weight excluding hydrogens is 306 g/mol. The predicted molar refractivity (Wildman–Crippen MR) is 90.8 cm³/mol. The third-order valence-electron chi connectivity index (χ3n) is 3.25. The number of allylic oxidation sites excluding steroid dienone is 1. The summed E-state index contributed by atoms with van der Waals surface area (Å²) in [5.41, 5.74) is 1.91. The summed E-state index contributed by atoms with van der Waals surface area (Å²) < 4.78 is 15.5. The molecule has 0 fully saturated rings. The van der Waals surface area contributed by atoms with Crippen molar-refractivity contribution in [1.29, 1.82) is 5.26 Å². The minimum Gasteiger partial charge on any atom is -0.493 e. The van der Waals surface area contributed by atoms with Crippen LogP contribution >= 0.6 is 0 Å². The van der Waals surface area contributed by atoms with E-state index in [1.807, 2.05) is 6.07 Å². The zero-order chi connectivity index (χ0) is 17.5. The molecule has 0 aliphatic rings. The highest BCUT2D eigenvalue weighted by Gasteiger charge is 2.08. The highest BCUT2D eigenvalue weighted by atomic mass is 16.5. The first kappa shape index (κ1) is 17.1. The molecule has 0 aromatic heterocycles. The van der Waals surface area contributed by atoms with Crippen LogP contribution in [0.15, 0.2) is 42.5 Å². The molecule has 0 N–H and O–H groups in total. The monoisotopic (exact) mass is 323 g/mol. The Kier molecular flexibility index (Phi) is 5.58. The summed E-state index contributed by atoms with van der Waals surface area (Å²) in [5.74, 6) is 1.18. The van der Waals surface area contributed by atoms with E-state index in [1.54, 1.807) is 56.7 Å². The molecule has 2 aromatic carbocycles. The van der Waals surface area contributed by atoms with Crippen molar-refractivity contribution in [1.82, 2.24) is 0 Å². The summed E-state index contributed by atoms with van der Waals surface area (Å²) in [5, 5.41) is 9.47. The van der Waals surface area contributed by atoms with Crippen molar-refractivity contribution >= 4 is 17.6 Å². The van der Waals surface area contributed by atoms with Crippen molar-refractivity contribution in [2.45, 2.75) is 6.92 Å². The van der Waals surface area contributed by atoms with Crippen molar-refractivity contribution in [3.8, 4) is 23.3 Å². The fourth-order valence-corrected chi connectivity index (χ4v) is 2.18. The largest absolute Gasteiger partial charge is 0.493 e. The van der Waals surface area contributed by atoms with E-state index >= 15 is 0 Å². The van der Waals surface area contributed by atoms with Crippen LogP contribution in [0.5, 0.6) is 17.2 Å². The summed E-state index contributed by atoms with van der Waals surface area (Å²) in [6.45, 7) is 1.34. The molecule has 2 aromatic rings. The van der Waals surface area contributed by atoms with Gasteiger partial charge in [0.25, 0.3) is 0 Å². The molecule has 0 heterocycles. The lowest BCUT2D eigenvalue weighted by Crippen LogP contribution is -2.01. The van der Waals surface area contributed by atoms with E-state index < -0.39 is 5.97 Å². The van der Waals surface area contributed by atoms with Crippen LogP contribution in [0.2, 0.25) is 0 Å². The normalized spacial score (nSPS) is 10.7. The fourth-order valence-electron chi connectivity index (χ4n) is 2.18. The summed E-state index contributed by atoms with van der Waals surface area (Å²) >= 11 is 0. The molecular formula is C19H17NO4. The maximum absolute atomic E-state index is 11.0. The highest BCUT2D eigenvalue weighted by Crippen LogP contribution is 2.31. The van der Waals surface area contributed by atoms with Crippen LogP contribution in [0, 0.1) is 11.3 Å². The van der Waals surface area contributed by atoms with E-state index in [2.05, 4.69) is 6.07 Å². The second kappa shape index (κ2) is 7.84. The topological polar surface area (TPSA) is 68.5 Å². The number of carbonyl (C=O) groups excluding carboxylic acids is 1. The highest BCUT2D eigenvalue weighted by molar-refractivity contribution is 5.90. The van der Waals surface area contributed by atoms with Gasteiger partial charge in [0.2, 0.25) is 0 Å². The number of esters is 1. The second-order valence-corrected chi connectivity index (χ2v) is 4.91. The molecule has 0 unspecified atom stereocenters. The SMILES string of the molecule is COc1ccc(/C(C#N)=C\c2cccc(OC(C)=O)c2)cc1OC. The lowest BCUT2D eigenvalue weighted by molar-refractivity contribution is -0.131. The molecule has 0 aliphatic carbocycles. The quantitative estimate of drug-likeness (QED) is 0.363. The molecule has 5 nitrogen and oxygen atoms in total. The van der Waals surface area contributed by atoms with E-state index in [9.17, 15) is 10.1 Å². The van der Waals surface area contributed by atoms with Crippen LogP contribution < -0.4 is 14.2 Å². The third kappa shape index (κ3) is 4.14. The molecule has 122 valence electrons. The first-order chi connectivity index (χ1) is 11.6. The molecule has 0 amide bonds. The van der Waals surface area contributed by atoms with Gasteiger partial charge in [-0.05, 0) is 47.5 Å². The van der Waals surface area contributed by atoms with Gasteiger partial charge < -0.3 is 14.2 Å². The van der Waals surface area contributed by atoms with E-state index in [-0.39, 0.29) is 0 Å². The Balaban J connectivity index is 2.40. The summed E-state index contributed by atoms with van der Waals surface area (Å²) in [4.78, 5) is 11.0. The molecule has 0 aliphatic heterocycles. The Morgan fingerprint density at radius 3 is 2.46 bits per heavy atom. The van der Waals surface area contributed by atoms with Crippen molar-refractivity contribution in [3.05, 3.63) is 53.6 Å². The number of ether oxygens (including phenoxy) is 3. The lowest BCUT2D eigenvalue weighted by Gasteiger charge is -2.09. The van der Waals surface area contributed by atoms with Crippen molar-refractivity contribution in [3.63, 3.8) is 0 Å². The first-order valence-electron chi connectivity index (χ1n) is 7.20. The van der Waals surface area contributed by atoms with Crippen LogP contribution in [-0.2, 0) is 4.79 Å². The molecule has 0 saturated carbocycles. The number of nitriles is 1. The van der Waals surface area contributed by atoms with Crippen molar-refractivity contribution < 1.29 is 19.0 Å². The summed E-state index contributed by atoms with van der Waals surface area (Å²) in [7, 11) is 3.10. The van der Waals surface area contributed by atoms with Gasteiger partial charge in [-0.25, -0.2) is 0 Å². The Morgan fingerprint density at radius 1 is 1.08 bits per heavy atom. The molecule has 0 radical (unpaired) electrons. The number of benzene rings is 2. The number of carbonyl (C=O) groups is 1. The van der Waals surface area contributed by atoms with Gasteiger partial charge in [0.05, 0.1) is 25.9 Å².